The summed E-state index contributed by atoms with van der Waals surface area (Å²) in [6, 6.07) is 1.83. The minimum atomic E-state index is 0.513. The molecule has 1 N–H and O–H groups in total. The Balaban J connectivity index is 2.61. The standard InChI is InChI=1S/C9H14N2OS/c1-3-4-12-6-8-10-7(2)5-9(13)11-8/h5H,3-4,6H2,1-2H3,(H,10,11,13). The number of aromatic amines is 1. The van der Waals surface area contributed by atoms with Crippen molar-refractivity contribution in [2.24, 2.45) is 0 Å². The molecule has 0 atom stereocenters. The molecule has 1 aromatic rings. The van der Waals surface area contributed by atoms with Crippen molar-refractivity contribution in [2.45, 2.75) is 26.9 Å². The second-order valence-corrected chi connectivity index (χ2v) is 3.32. The van der Waals surface area contributed by atoms with Crippen molar-refractivity contribution < 1.29 is 4.74 Å². The number of ether oxygens (including phenoxy) is 1. The molecule has 0 aliphatic heterocycles. The van der Waals surface area contributed by atoms with Gasteiger partial charge in [0.05, 0.1) is 0 Å². The van der Waals surface area contributed by atoms with E-state index < -0.39 is 0 Å². The highest BCUT2D eigenvalue weighted by molar-refractivity contribution is 7.71. The number of hydrogen-bond acceptors (Lipinski definition) is 3. The third-order valence-electron chi connectivity index (χ3n) is 1.51. The van der Waals surface area contributed by atoms with Gasteiger partial charge in [-0.05, 0) is 19.4 Å². The molecule has 1 heterocycles. The van der Waals surface area contributed by atoms with Crippen LogP contribution in [0.3, 0.4) is 0 Å². The third-order valence-corrected chi connectivity index (χ3v) is 1.72. The first-order chi connectivity index (χ1) is 6.22. The van der Waals surface area contributed by atoms with Crippen LogP contribution in [0.4, 0.5) is 0 Å². The zero-order valence-corrected chi connectivity index (χ0v) is 8.78. The summed E-state index contributed by atoms with van der Waals surface area (Å²) in [4.78, 5) is 7.24. The molecule has 0 saturated heterocycles. The Morgan fingerprint density at radius 1 is 1.62 bits per heavy atom. The average Bonchev–Trinajstić information content (AvgIpc) is 2.03. The topological polar surface area (TPSA) is 37.9 Å². The van der Waals surface area contributed by atoms with Crippen LogP contribution in [0.25, 0.3) is 0 Å². The number of aryl methyl sites for hydroxylation is 1. The van der Waals surface area contributed by atoms with Gasteiger partial charge in [0.25, 0.3) is 0 Å². The molecular formula is C9H14N2OS. The predicted octanol–water partition coefficient (Wildman–Crippen LogP) is 2.37. The van der Waals surface area contributed by atoms with Gasteiger partial charge in [0.2, 0.25) is 0 Å². The summed E-state index contributed by atoms with van der Waals surface area (Å²) in [5.74, 6) is 0.804. The van der Waals surface area contributed by atoms with E-state index in [1.54, 1.807) is 0 Å². The van der Waals surface area contributed by atoms with Crippen molar-refractivity contribution in [3.05, 3.63) is 22.2 Å². The van der Waals surface area contributed by atoms with E-state index in [1.165, 1.54) is 0 Å². The van der Waals surface area contributed by atoms with Crippen LogP contribution in [0, 0.1) is 11.6 Å². The molecule has 0 aliphatic carbocycles. The van der Waals surface area contributed by atoms with Crippen molar-refractivity contribution in [3.63, 3.8) is 0 Å². The van der Waals surface area contributed by atoms with Gasteiger partial charge in [-0.1, -0.05) is 19.1 Å². The highest BCUT2D eigenvalue weighted by Crippen LogP contribution is 1.98. The van der Waals surface area contributed by atoms with E-state index in [2.05, 4.69) is 16.9 Å². The Morgan fingerprint density at radius 2 is 2.38 bits per heavy atom. The molecule has 13 heavy (non-hydrogen) atoms. The number of nitrogens with zero attached hydrogens (tertiary/aromatic N) is 1. The second-order valence-electron chi connectivity index (χ2n) is 2.90. The number of rotatable bonds is 4. The maximum atomic E-state index is 5.34. The van der Waals surface area contributed by atoms with Gasteiger partial charge in [-0.25, -0.2) is 4.98 Å². The fourth-order valence-corrected chi connectivity index (χ4v) is 1.31. The lowest BCUT2D eigenvalue weighted by Gasteiger charge is -2.03. The lowest BCUT2D eigenvalue weighted by atomic mass is 10.4. The van der Waals surface area contributed by atoms with E-state index in [0.717, 1.165) is 24.5 Å². The Morgan fingerprint density at radius 3 is 3.00 bits per heavy atom. The molecule has 1 rings (SSSR count). The highest BCUT2D eigenvalue weighted by atomic mass is 32.1. The first kappa shape index (κ1) is 10.3. The summed E-state index contributed by atoms with van der Waals surface area (Å²) in [7, 11) is 0. The molecule has 0 unspecified atom stereocenters. The maximum Gasteiger partial charge on any atom is 0.133 e. The van der Waals surface area contributed by atoms with Gasteiger partial charge < -0.3 is 9.72 Å². The summed E-state index contributed by atoms with van der Waals surface area (Å²) in [6.45, 7) is 5.31. The predicted molar refractivity (Wildman–Crippen MR) is 54.1 cm³/mol. The number of nitrogens with one attached hydrogen (secondary N) is 1. The Kier molecular flexibility index (Phi) is 4.05. The van der Waals surface area contributed by atoms with Crippen LogP contribution >= 0.6 is 12.2 Å². The van der Waals surface area contributed by atoms with Crippen LogP contribution < -0.4 is 0 Å². The van der Waals surface area contributed by atoms with Crippen LogP contribution in [0.2, 0.25) is 0 Å². The SMILES string of the molecule is CCCOCc1nc(=S)cc(C)[nH]1. The number of H-pyrrole nitrogens is 1. The van der Waals surface area contributed by atoms with E-state index in [4.69, 9.17) is 17.0 Å². The zero-order chi connectivity index (χ0) is 9.68. The van der Waals surface area contributed by atoms with Gasteiger partial charge in [-0.2, -0.15) is 0 Å². The summed E-state index contributed by atoms with van der Waals surface area (Å²) < 4.78 is 5.96. The first-order valence-corrected chi connectivity index (χ1v) is 4.77. The second kappa shape index (κ2) is 5.09. The molecule has 0 saturated carbocycles. The molecule has 0 bridgehead atoms. The highest BCUT2D eigenvalue weighted by Gasteiger charge is 1.95. The van der Waals surface area contributed by atoms with Crippen molar-refractivity contribution in [3.8, 4) is 0 Å². The minimum Gasteiger partial charge on any atom is -0.374 e. The molecule has 0 spiro atoms. The Bertz CT molecular complexity index is 322. The molecule has 3 nitrogen and oxygen atoms in total. The maximum absolute atomic E-state index is 5.34. The van der Waals surface area contributed by atoms with Gasteiger partial charge in [-0.3, -0.25) is 0 Å². The summed E-state index contributed by atoms with van der Waals surface area (Å²) in [6.07, 6.45) is 1.02. The number of hydrogen-bond donors (Lipinski definition) is 1. The lowest BCUT2D eigenvalue weighted by molar-refractivity contribution is 0.116. The fraction of sp³-hybridized carbons (Fsp3) is 0.556. The van der Waals surface area contributed by atoms with E-state index >= 15 is 0 Å². The molecule has 4 heteroatoms. The van der Waals surface area contributed by atoms with Crippen molar-refractivity contribution >= 4 is 12.2 Å². The van der Waals surface area contributed by atoms with Crippen LogP contribution in [0.15, 0.2) is 6.07 Å². The average molecular weight is 198 g/mol. The van der Waals surface area contributed by atoms with Crippen LogP contribution in [0.1, 0.15) is 24.9 Å². The summed E-state index contributed by atoms with van der Waals surface area (Å²) in [5.41, 5.74) is 1.02. The van der Waals surface area contributed by atoms with Gasteiger partial charge in [-0.15, -0.1) is 0 Å². The monoisotopic (exact) mass is 198 g/mol. The van der Waals surface area contributed by atoms with Crippen LogP contribution in [-0.4, -0.2) is 16.6 Å². The minimum absolute atomic E-state index is 0.513. The summed E-state index contributed by atoms with van der Waals surface area (Å²) in [5, 5.41) is 0. The molecule has 72 valence electrons. The fourth-order valence-electron chi connectivity index (χ4n) is 1.02. The van der Waals surface area contributed by atoms with E-state index in [9.17, 15) is 0 Å². The molecule has 0 aliphatic rings. The molecule has 0 amide bonds. The molecule has 1 aromatic heterocycles. The molecule has 0 fully saturated rings. The normalized spacial score (nSPS) is 10.3. The lowest BCUT2D eigenvalue weighted by Crippen LogP contribution is -2.01. The molecular weight excluding hydrogens is 184 g/mol. The first-order valence-electron chi connectivity index (χ1n) is 4.37. The summed E-state index contributed by atoms with van der Waals surface area (Å²) >= 11 is 4.98. The van der Waals surface area contributed by atoms with Crippen molar-refractivity contribution in [1.29, 1.82) is 0 Å². The van der Waals surface area contributed by atoms with E-state index in [0.29, 0.717) is 11.2 Å². The third kappa shape index (κ3) is 3.65. The Labute approximate surface area is 83.2 Å². The largest absolute Gasteiger partial charge is 0.374 e. The van der Waals surface area contributed by atoms with Gasteiger partial charge >= 0.3 is 0 Å². The van der Waals surface area contributed by atoms with E-state index in [1.807, 2.05) is 13.0 Å². The molecule has 0 radical (unpaired) electrons. The smallest absolute Gasteiger partial charge is 0.133 e. The van der Waals surface area contributed by atoms with Crippen molar-refractivity contribution in [1.82, 2.24) is 9.97 Å². The van der Waals surface area contributed by atoms with E-state index in [-0.39, 0.29) is 0 Å². The van der Waals surface area contributed by atoms with Gasteiger partial charge in [0.15, 0.2) is 0 Å². The van der Waals surface area contributed by atoms with Crippen LogP contribution in [-0.2, 0) is 11.3 Å². The Hall–Kier alpha value is -0.740. The number of aromatic nitrogens is 2. The molecule has 0 aromatic carbocycles. The van der Waals surface area contributed by atoms with Crippen molar-refractivity contribution in [2.75, 3.05) is 6.61 Å². The zero-order valence-electron chi connectivity index (χ0n) is 7.96. The quantitative estimate of drug-likeness (QED) is 0.596. The van der Waals surface area contributed by atoms with Crippen LogP contribution in [0.5, 0.6) is 0 Å². The van der Waals surface area contributed by atoms with Gasteiger partial charge in [0, 0.05) is 12.3 Å². The van der Waals surface area contributed by atoms with Gasteiger partial charge in [0.1, 0.15) is 17.1 Å².